The Morgan fingerprint density at radius 2 is 1.88 bits per heavy atom. The molecule has 1 saturated carbocycles. The van der Waals surface area contributed by atoms with Crippen molar-refractivity contribution in [2.24, 2.45) is 23.7 Å². The Labute approximate surface area is 157 Å². The standard InChI is InChI=1S/C23H32O3/c1-5-19(21(24)14-12-18-9-7-6-8-10-18)23(25)26-22-15-17(4)11-13-20(22)16(2)3/h6-10,12,14,16-17,19-20,22H,5,11,13,15H2,1-4H3/b14-12-/t17-,19-,20+,22-/m1/s1. The maximum atomic E-state index is 12.7. The third-order valence-corrected chi connectivity index (χ3v) is 5.50. The van der Waals surface area contributed by atoms with Gasteiger partial charge in [0, 0.05) is 0 Å². The van der Waals surface area contributed by atoms with Gasteiger partial charge in [0.1, 0.15) is 12.0 Å². The van der Waals surface area contributed by atoms with Crippen molar-refractivity contribution < 1.29 is 14.3 Å². The number of carbonyl (C=O) groups excluding carboxylic acids is 2. The van der Waals surface area contributed by atoms with Crippen LogP contribution < -0.4 is 0 Å². The molecule has 142 valence electrons. The second-order valence-electron chi connectivity index (χ2n) is 7.91. The molecule has 0 heterocycles. The smallest absolute Gasteiger partial charge is 0.317 e. The van der Waals surface area contributed by atoms with Gasteiger partial charge in [0.15, 0.2) is 5.78 Å². The van der Waals surface area contributed by atoms with Crippen LogP contribution in [0.25, 0.3) is 6.08 Å². The summed E-state index contributed by atoms with van der Waals surface area (Å²) in [6.45, 7) is 8.45. The summed E-state index contributed by atoms with van der Waals surface area (Å²) in [5.74, 6) is 0.194. The summed E-state index contributed by atoms with van der Waals surface area (Å²) in [5.41, 5.74) is 0.949. The fourth-order valence-corrected chi connectivity index (χ4v) is 3.82. The van der Waals surface area contributed by atoms with Crippen molar-refractivity contribution in [3.63, 3.8) is 0 Å². The third kappa shape index (κ3) is 5.55. The van der Waals surface area contributed by atoms with Crippen molar-refractivity contribution in [2.45, 2.75) is 59.5 Å². The number of allylic oxidation sites excluding steroid dienone is 1. The average Bonchev–Trinajstić information content (AvgIpc) is 2.61. The summed E-state index contributed by atoms with van der Waals surface area (Å²) in [4.78, 5) is 25.2. The van der Waals surface area contributed by atoms with E-state index >= 15 is 0 Å². The SMILES string of the molecule is CC[C@H](C(=O)/C=C\c1ccccc1)C(=O)O[C@@H]1C[C@H](C)CC[C@H]1C(C)C. The zero-order valence-electron chi connectivity index (χ0n) is 16.5. The molecule has 26 heavy (non-hydrogen) atoms. The summed E-state index contributed by atoms with van der Waals surface area (Å²) in [5, 5.41) is 0. The van der Waals surface area contributed by atoms with Gasteiger partial charge in [0.25, 0.3) is 0 Å². The first-order valence-electron chi connectivity index (χ1n) is 9.89. The lowest BCUT2D eigenvalue weighted by molar-refractivity contribution is -0.162. The lowest BCUT2D eigenvalue weighted by atomic mass is 9.75. The second-order valence-corrected chi connectivity index (χ2v) is 7.91. The van der Waals surface area contributed by atoms with Crippen LogP contribution in [0.4, 0.5) is 0 Å². The maximum Gasteiger partial charge on any atom is 0.317 e. The van der Waals surface area contributed by atoms with Crippen LogP contribution in [-0.2, 0) is 14.3 Å². The highest BCUT2D eigenvalue weighted by Gasteiger charge is 2.35. The minimum atomic E-state index is -0.708. The third-order valence-electron chi connectivity index (χ3n) is 5.50. The van der Waals surface area contributed by atoms with E-state index in [1.807, 2.05) is 37.3 Å². The highest BCUT2D eigenvalue weighted by Crippen LogP contribution is 2.35. The van der Waals surface area contributed by atoms with E-state index in [2.05, 4.69) is 20.8 Å². The van der Waals surface area contributed by atoms with E-state index in [0.29, 0.717) is 24.2 Å². The molecule has 1 aliphatic carbocycles. The first-order valence-corrected chi connectivity index (χ1v) is 9.89. The number of esters is 1. The van der Waals surface area contributed by atoms with E-state index in [1.165, 1.54) is 12.5 Å². The average molecular weight is 357 g/mol. The minimum absolute atomic E-state index is 0.0637. The van der Waals surface area contributed by atoms with E-state index < -0.39 is 5.92 Å². The van der Waals surface area contributed by atoms with Crippen molar-refractivity contribution in [3.05, 3.63) is 42.0 Å². The maximum absolute atomic E-state index is 12.7. The molecule has 0 amide bonds. The summed E-state index contributed by atoms with van der Waals surface area (Å²) in [6, 6.07) is 9.64. The normalized spacial score (nSPS) is 24.6. The molecule has 3 heteroatoms. The molecule has 0 N–H and O–H groups in total. The molecule has 0 bridgehead atoms. The monoisotopic (exact) mass is 356 g/mol. The van der Waals surface area contributed by atoms with Crippen LogP contribution >= 0.6 is 0 Å². The highest BCUT2D eigenvalue weighted by atomic mass is 16.5. The molecule has 0 unspecified atom stereocenters. The summed E-state index contributed by atoms with van der Waals surface area (Å²) in [6.07, 6.45) is 6.85. The zero-order chi connectivity index (χ0) is 19.1. The van der Waals surface area contributed by atoms with E-state index in [4.69, 9.17) is 4.74 Å². The van der Waals surface area contributed by atoms with Crippen molar-refractivity contribution in [1.29, 1.82) is 0 Å². The molecule has 2 rings (SSSR count). The van der Waals surface area contributed by atoms with Gasteiger partial charge in [-0.25, -0.2) is 0 Å². The molecule has 0 aliphatic heterocycles. The number of hydrogen-bond acceptors (Lipinski definition) is 3. The number of hydrogen-bond donors (Lipinski definition) is 0. The Hall–Kier alpha value is -1.90. The largest absolute Gasteiger partial charge is 0.462 e. The Morgan fingerprint density at radius 3 is 2.50 bits per heavy atom. The van der Waals surface area contributed by atoms with Gasteiger partial charge in [-0.3, -0.25) is 9.59 Å². The van der Waals surface area contributed by atoms with E-state index in [1.54, 1.807) is 6.08 Å². The van der Waals surface area contributed by atoms with Crippen LogP contribution in [0.15, 0.2) is 36.4 Å². The molecular weight excluding hydrogens is 324 g/mol. The van der Waals surface area contributed by atoms with Crippen LogP contribution in [0.1, 0.15) is 58.9 Å². The van der Waals surface area contributed by atoms with Gasteiger partial charge in [-0.05, 0) is 48.7 Å². The number of ketones is 1. The molecular formula is C23H32O3. The molecule has 0 aromatic heterocycles. The molecule has 0 saturated heterocycles. The van der Waals surface area contributed by atoms with E-state index in [0.717, 1.165) is 18.4 Å². The van der Waals surface area contributed by atoms with Crippen LogP contribution in [0, 0.1) is 23.7 Å². The van der Waals surface area contributed by atoms with E-state index in [-0.39, 0.29) is 17.9 Å². The molecule has 0 radical (unpaired) electrons. The van der Waals surface area contributed by atoms with Crippen LogP contribution in [0.5, 0.6) is 0 Å². The van der Waals surface area contributed by atoms with Crippen molar-refractivity contribution in [1.82, 2.24) is 0 Å². The second kappa shape index (κ2) is 9.70. The summed E-state index contributed by atoms with van der Waals surface area (Å²) >= 11 is 0. The molecule has 1 aliphatic rings. The quantitative estimate of drug-likeness (QED) is 0.378. The molecule has 3 nitrogen and oxygen atoms in total. The molecule has 4 atom stereocenters. The Morgan fingerprint density at radius 1 is 1.19 bits per heavy atom. The van der Waals surface area contributed by atoms with Gasteiger partial charge >= 0.3 is 5.97 Å². The number of benzene rings is 1. The summed E-state index contributed by atoms with van der Waals surface area (Å²) < 4.78 is 5.87. The molecule has 1 aromatic rings. The van der Waals surface area contributed by atoms with Crippen molar-refractivity contribution in [2.75, 3.05) is 0 Å². The zero-order valence-corrected chi connectivity index (χ0v) is 16.5. The van der Waals surface area contributed by atoms with Gasteiger partial charge in [0.2, 0.25) is 0 Å². The first kappa shape index (κ1) is 20.4. The Kier molecular flexibility index (Phi) is 7.62. The Bertz CT molecular complexity index is 618. The predicted molar refractivity (Wildman–Crippen MR) is 105 cm³/mol. The lowest BCUT2D eigenvalue weighted by Crippen LogP contribution is -2.38. The van der Waals surface area contributed by atoms with E-state index in [9.17, 15) is 9.59 Å². The number of ether oxygens (including phenoxy) is 1. The Balaban J connectivity index is 2.02. The van der Waals surface area contributed by atoms with Gasteiger partial charge in [-0.15, -0.1) is 0 Å². The summed E-state index contributed by atoms with van der Waals surface area (Å²) in [7, 11) is 0. The van der Waals surface area contributed by atoms with Crippen molar-refractivity contribution >= 4 is 17.8 Å². The first-order chi connectivity index (χ1) is 12.4. The molecule has 1 aromatic carbocycles. The van der Waals surface area contributed by atoms with Crippen LogP contribution in [-0.4, -0.2) is 17.9 Å². The van der Waals surface area contributed by atoms with Crippen LogP contribution in [0.3, 0.4) is 0 Å². The fraction of sp³-hybridized carbons (Fsp3) is 0.565. The van der Waals surface area contributed by atoms with Gasteiger partial charge < -0.3 is 4.74 Å². The van der Waals surface area contributed by atoms with Gasteiger partial charge in [-0.1, -0.05) is 70.5 Å². The number of rotatable bonds is 7. The number of carbonyl (C=O) groups is 2. The van der Waals surface area contributed by atoms with Gasteiger partial charge in [-0.2, -0.15) is 0 Å². The van der Waals surface area contributed by atoms with Crippen molar-refractivity contribution in [3.8, 4) is 0 Å². The lowest BCUT2D eigenvalue weighted by Gasteiger charge is -2.37. The molecule has 0 spiro atoms. The molecule has 1 fully saturated rings. The fourth-order valence-electron chi connectivity index (χ4n) is 3.82. The topological polar surface area (TPSA) is 43.4 Å². The van der Waals surface area contributed by atoms with Gasteiger partial charge in [0.05, 0.1) is 0 Å². The van der Waals surface area contributed by atoms with Crippen LogP contribution in [0.2, 0.25) is 0 Å². The highest BCUT2D eigenvalue weighted by molar-refractivity contribution is 6.06. The predicted octanol–water partition coefficient (Wildman–Crippen LogP) is 5.30. The minimum Gasteiger partial charge on any atom is -0.462 e.